The highest BCUT2D eigenvalue weighted by Gasteiger charge is 2.24. The first-order valence-electron chi connectivity index (χ1n) is 7.97. The quantitative estimate of drug-likeness (QED) is 0.526. The molecule has 0 spiro atoms. The van der Waals surface area contributed by atoms with E-state index in [9.17, 15) is 19.2 Å². The molecule has 0 saturated carbocycles. The molecule has 2 heterocycles. The van der Waals surface area contributed by atoms with E-state index >= 15 is 0 Å². The third-order valence-electron chi connectivity index (χ3n) is 4.01. The van der Waals surface area contributed by atoms with Crippen LogP contribution < -0.4 is 11.2 Å². The van der Waals surface area contributed by atoms with Gasteiger partial charge in [-0.05, 0) is 19.9 Å². The number of carbonyl (C=O) groups is 2. The maximum absolute atomic E-state index is 12.7. The number of hydrogen-bond donors (Lipinski definition) is 2. The van der Waals surface area contributed by atoms with Crippen molar-refractivity contribution in [1.82, 2.24) is 14.5 Å². The van der Waals surface area contributed by atoms with Crippen LogP contribution in [0.4, 0.5) is 0 Å². The molecule has 1 aromatic carbocycles. The number of nitrogens with one attached hydrogen (secondary N) is 2. The van der Waals surface area contributed by atoms with E-state index in [1.165, 1.54) is 13.1 Å². The summed E-state index contributed by atoms with van der Waals surface area (Å²) in [5, 5.41) is 0.759. The van der Waals surface area contributed by atoms with Gasteiger partial charge in [-0.3, -0.25) is 23.9 Å². The van der Waals surface area contributed by atoms with Crippen molar-refractivity contribution in [3.8, 4) is 0 Å². The van der Waals surface area contributed by atoms with E-state index < -0.39 is 29.9 Å². The van der Waals surface area contributed by atoms with Gasteiger partial charge in [0.2, 0.25) is 5.78 Å². The number of esters is 1. The smallest absolute Gasteiger partial charge is 0.328 e. The molecule has 3 rings (SSSR count). The van der Waals surface area contributed by atoms with Gasteiger partial charge >= 0.3 is 11.7 Å². The molecule has 0 unspecified atom stereocenters. The highest BCUT2D eigenvalue weighted by atomic mass is 16.5. The Kier molecular flexibility index (Phi) is 4.57. The second-order valence-corrected chi connectivity index (χ2v) is 5.90. The Balaban J connectivity index is 1.76. The first-order chi connectivity index (χ1) is 12.4. The Morgan fingerprint density at radius 2 is 1.88 bits per heavy atom. The van der Waals surface area contributed by atoms with E-state index in [1.807, 2.05) is 29.2 Å². The Labute approximate surface area is 147 Å². The minimum absolute atomic E-state index is 0.331. The number of H-pyrrole nitrogens is 2. The Morgan fingerprint density at radius 1 is 1.15 bits per heavy atom. The minimum atomic E-state index is -1.01. The second-order valence-electron chi connectivity index (χ2n) is 5.90. The predicted molar refractivity (Wildman–Crippen MR) is 94.2 cm³/mol. The number of Topliss-reactive ketones (excluding diaryl/α,β-unsaturated/α-hetero) is 1. The van der Waals surface area contributed by atoms with E-state index in [4.69, 9.17) is 4.74 Å². The van der Waals surface area contributed by atoms with Crippen molar-refractivity contribution in [2.24, 2.45) is 0 Å². The lowest BCUT2D eigenvalue weighted by atomic mass is 10.0. The minimum Gasteiger partial charge on any atom is -0.453 e. The van der Waals surface area contributed by atoms with Gasteiger partial charge in [0, 0.05) is 34.4 Å². The van der Waals surface area contributed by atoms with Crippen LogP contribution in [0.5, 0.6) is 0 Å². The van der Waals surface area contributed by atoms with Crippen molar-refractivity contribution in [2.75, 3.05) is 0 Å². The molecular weight excluding hydrogens is 338 g/mol. The number of hydrogen-bond acceptors (Lipinski definition) is 5. The normalized spacial score (nSPS) is 12.1. The summed E-state index contributed by atoms with van der Waals surface area (Å²) in [4.78, 5) is 52.6. The summed E-state index contributed by atoms with van der Waals surface area (Å²) in [6.45, 7) is 2.86. The monoisotopic (exact) mass is 355 g/mol. The van der Waals surface area contributed by atoms with Crippen molar-refractivity contribution in [2.45, 2.75) is 26.5 Å². The van der Waals surface area contributed by atoms with E-state index in [-0.39, 0.29) is 5.78 Å². The van der Waals surface area contributed by atoms with Crippen LogP contribution >= 0.6 is 0 Å². The molecule has 0 amide bonds. The van der Waals surface area contributed by atoms with E-state index in [0.717, 1.165) is 21.5 Å². The van der Waals surface area contributed by atoms with Gasteiger partial charge in [-0.25, -0.2) is 4.79 Å². The van der Waals surface area contributed by atoms with Gasteiger partial charge in [0.05, 0.1) is 0 Å². The zero-order chi connectivity index (χ0) is 18.8. The molecule has 26 heavy (non-hydrogen) atoms. The van der Waals surface area contributed by atoms with Gasteiger partial charge in [0.25, 0.3) is 5.56 Å². The van der Waals surface area contributed by atoms with E-state index in [0.29, 0.717) is 11.3 Å². The topological polar surface area (TPSA) is 114 Å². The lowest BCUT2D eigenvalue weighted by Gasteiger charge is -2.13. The van der Waals surface area contributed by atoms with E-state index in [2.05, 4.69) is 4.98 Å². The van der Waals surface area contributed by atoms with Crippen molar-refractivity contribution in [3.63, 3.8) is 0 Å². The molecule has 0 aliphatic heterocycles. The van der Waals surface area contributed by atoms with Crippen LogP contribution in [0, 0.1) is 6.92 Å². The number of nitrogens with zero attached hydrogens (tertiary/aromatic N) is 1. The van der Waals surface area contributed by atoms with Crippen LogP contribution in [0.1, 0.15) is 23.0 Å². The lowest BCUT2D eigenvalue weighted by Crippen LogP contribution is -2.33. The molecule has 0 aliphatic carbocycles. The van der Waals surface area contributed by atoms with Crippen molar-refractivity contribution in [1.29, 1.82) is 0 Å². The zero-order valence-corrected chi connectivity index (χ0v) is 14.2. The van der Waals surface area contributed by atoms with Gasteiger partial charge in [-0.15, -0.1) is 0 Å². The number of rotatable bonds is 5. The summed E-state index contributed by atoms with van der Waals surface area (Å²) < 4.78 is 6.17. The summed E-state index contributed by atoms with van der Waals surface area (Å²) in [6, 6.07) is 8.49. The van der Waals surface area contributed by atoms with Crippen LogP contribution in [0.2, 0.25) is 0 Å². The summed E-state index contributed by atoms with van der Waals surface area (Å²) in [5.41, 5.74) is 0.712. The standard InChI is InChI=1S/C18H17N3O5/c1-10-16(12-5-3-4-6-13(12)19-10)17(24)11(2)26-15(23)9-21-8-7-14(22)20-18(21)25/h3-8,11,19H,9H2,1-2H3,(H,20,22,25)/t11-/m1/s1. The number of para-hydroxylation sites is 1. The SMILES string of the molecule is Cc1[nH]c2ccccc2c1C(=O)[C@@H](C)OC(=O)Cn1ccc(=O)[nH]c1=O. The highest BCUT2D eigenvalue weighted by molar-refractivity contribution is 6.11. The largest absolute Gasteiger partial charge is 0.453 e. The number of carbonyl (C=O) groups excluding carboxylic acids is 2. The van der Waals surface area contributed by atoms with Crippen molar-refractivity contribution in [3.05, 3.63) is 68.6 Å². The molecule has 0 aliphatic rings. The first-order valence-corrected chi connectivity index (χ1v) is 7.97. The molecule has 1 atom stereocenters. The number of aromatic amines is 2. The van der Waals surface area contributed by atoms with Gasteiger partial charge in [0.1, 0.15) is 6.54 Å². The maximum atomic E-state index is 12.7. The molecule has 2 N–H and O–H groups in total. The number of benzene rings is 1. The average Bonchev–Trinajstić information content (AvgIpc) is 2.92. The van der Waals surface area contributed by atoms with Gasteiger partial charge in [-0.1, -0.05) is 18.2 Å². The molecule has 0 saturated heterocycles. The number of ketones is 1. The number of ether oxygens (including phenoxy) is 1. The fraction of sp³-hybridized carbons (Fsp3) is 0.222. The van der Waals surface area contributed by atoms with Crippen LogP contribution in [-0.4, -0.2) is 32.4 Å². The molecule has 0 fully saturated rings. The maximum Gasteiger partial charge on any atom is 0.328 e. The number of aryl methyl sites for hydroxylation is 1. The van der Waals surface area contributed by atoms with Gasteiger partial charge in [0.15, 0.2) is 6.10 Å². The van der Waals surface area contributed by atoms with Crippen molar-refractivity contribution >= 4 is 22.7 Å². The lowest BCUT2D eigenvalue weighted by molar-refractivity contribution is -0.147. The molecule has 8 nitrogen and oxygen atoms in total. The molecule has 3 aromatic rings. The highest BCUT2D eigenvalue weighted by Crippen LogP contribution is 2.23. The Hall–Kier alpha value is -3.42. The third-order valence-corrected chi connectivity index (χ3v) is 4.01. The average molecular weight is 355 g/mol. The number of aromatic nitrogens is 3. The molecule has 8 heteroatoms. The predicted octanol–water partition coefficient (Wildman–Crippen LogP) is 1.14. The molecular formula is C18H17N3O5. The van der Waals surface area contributed by atoms with Crippen molar-refractivity contribution < 1.29 is 14.3 Å². The van der Waals surface area contributed by atoms with Crippen LogP contribution in [-0.2, 0) is 16.1 Å². The van der Waals surface area contributed by atoms with E-state index in [1.54, 1.807) is 6.92 Å². The van der Waals surface area contributed by atoms with Gasteiger partial charge < -0.3 is 9.72 Å². The molecule has 134 valence electrons. The Morgan fingerprint density at radius 3 is 2.62 bits per heavy atom. The van der Waals surface area contributed by atoms with Crippen LogP contribution in [0.3, 0.4) is 0 Å². The molecule has 2 aromatic heterocycles. The summed E-state index contributed by atoms with van der Waals surface area (Å²) in [5.74, 6) is -1.08. The Bertz CT molecular complexity index is 1110. The van der Waals surface area contributed by atoms with Crippen LogP contribution in [0.15, 0.2) is 46.1 Å². The van der Waals surface area contributed by atoms with Crippen LogP contribution in [0.25, 0.3) is 10.9 Å². The van der Waals surface area contributed by atoms with Gasteiger partial charge in [-0.2, -0.15) is 0 Å². The summed E-state index contributed by atoms with van der Waals surface area (Å²) in [7, 11) is 0. The molecule has 0 radical (unpaired) electrons. The number of fused-ring (bicyclic) bond motifs is 1. The zero-order valence-electron chi connectivity index (χ0n) is 14.2. The first kappa shape index (κ1) is 17.4. The summed E-state index contributed by atoms with van der Waals surface area (Å²) in [6.07, 6.45) is 0.178. The summed E-state index contributed by atoms with van der Waals surface area (Å²) >= 11 is 0. The fourth-order valence-corrected chi connectivity index (χ4v) is 2.79. The second kappa shape index (κ2) is 6.83. The third kappa shape index (κ3) is 3.34. The molecule has 0 bridgehead atoms. The fourth-order valence-electron chi connectivity index (χ4n) is 2.79.